The van der Waals surface area contributed by atoms with Gasteiger partial charge in [0.25, 0.3) is 0 Å². The smallest absolute Gasteiger partial charge is 0.0697 e. The monoisotopic (exact) mass is 269 g/mol. The van der Waals surface area contributed by atoms with Crippen molar-refractivity contribution in [2.24, 2.45) is 0 Å². The van der Waals surface area contributed by atoms with E-state index >= 15 is 0 Å². The summed E-state index contributed by atoms with van der Waals surface area (Å²) in [5.41, 5.74) is 0.298. The molecule has 0 aromatic rings. The standard InChI is InChI=1S/C15H27NOS/c1-2-18-14-5-4-12(10-14)16-13-6-9-17-15(11-13)7-3-8-15/h12-14,16H,2-11H2,1H3. The van der Waals surface area contributed by atoms with Crippen LogP contribution < -0.4 is 5.32 Å². The zero-order chi connectivity index (χ0) is 12.4. The molecule has 2 saturated carbocycles. The molecule has 1 spiro atoms. The lowest BCUT2D eigenvalue weighted by Gasteiger charge is -2.47. The van der Waals surface area contributed by atoms with Gasteiger partial charge in [-0.25, -0.2) is 0 Å². The van der Waals surface area contributed by atoms with Crippen LogP contribution in [0, 0.1) is 0 Å². The molecule has 0 radical (unpaired) electrons. The van der Waals surface area contributed by atoms with Crippen LogP contribution in [0.15, 0.2) is 0 Å². The second-order valence-electron chi connectivity index (χ2n) is 6.33. The third-order valence-corrected chi connectivity index (χ3v) is 6.25. The normalized spacial score (nSPS) is 38.8. The van der Waals surface area contributed by atoms with E-state index in [1.54, 1.807) is 0 Å². The Morgan fingerprint density at radius 1 is 1.22 bits per heavy atom. The lowest BCUT2D eigenvalue weighted by Crippen LogP contribution is -2.52. The van der Waals surface area contributed by atoms with Crippen LogP contribution in [0.25, 0.3) is 0 Å². The minimum absolute atomic E-state index is 0.298. The molecule has 104 valence electrons. The number of hydrogen-bond acceptors (Lipinski definition) is 3. The van der Waals surface area contributed by atoms with E-state index < -0.39 is 0 Å². The second kappa shape index (κ2) is 5.72. The van der Waals surface area contributed by atoms with Crippen molar-refractivity contribution in [3.05, 3.63) is 0 Å². The van der Waals surface area contributed by atoms with Crippen LogP contribution in [0.5, 0.6) is 0 Å². The molecule has 3 rings (SSSR count). The molecular formula is C15H27NOS. The molecule has 3 atom stereocenters. The maximum atomic E-state index is 6.01. The molecule has 18 heavy (non-hydrogen) atoms. The van der Waals surface area contributed by atoms with Crippen LogP contribution in [0.3, 0.4) is 0 Å². The average Bonchev–Trinajstić information content (AvgIpc) is 2.75. The first-order valence-corrected chi connectivity index (χ1v) is 8.86. The van der Waals surface area contributed by atoms with E-state index in [-0.39, 0.29) is 0 Å². The van der Waals surface area contributed by atoms with Crippen molar-refractivity contribution in [3.63, 3.8) is 0 Å². The second-order valence-corrected chi connectivity index (χ2v) is 7.91. The highest BCUT2D eigenvalue weighted by Crippen LogP contribution is 2.42. The molecule has 0 bridgehead atoms. The summed E-state index contributed by atoms with van der Waals surface area (Å²) in [6.45, 7) is 3.27. The predicted molar refractivity (Wildman–Crippen MR) is 78.3 cm³/mol. The van der Waals surface area contributed by atoms with Gasteiger partial charge in [-0.3, -0.25) is 0 Å². The summed E-state index contributed by atoms with van der Waals surface area (Å²) in [5.74, 6) is 1.28. The van der Waals surface area contributed by atoms with E-state index in [0.717, 1.165) is 23.9 Å². The largest absolute Gasteiger partial charge is 0.375 e. The van der Waals surface area contributed by atoms with Crippen LogP contribution in [-0.2, 0) is 4.74 Å². The van der Waals surface area contributed by atoms with Gasteiger partial charge in [0, 0.05) is 23.9 Å². The quantitative estimate of drug-likeness (QED) is 0.845. The predicted octanol–water partition coefficient (Wildman–Crippen LogP) is 3.35. The van der Waals surface area contributed by atoms with Crippen LogP contribution in [-0.4, -0.2) is 35.3 Å². The van der Waals surface area contributed by atoms with Crippen molar-refractivity contribution < 1.29 is 4.74 Å². The van der Waals surface area contributed by atoms with Gasteiger partial charge < -0.3 is 10.1 Å². The van der Waals surface area contributed by atoms with Gasteiger partial charge in [0.1, 0.15) is 0 Å². The van der Waals surface area contributed by atoms with Gasteiger partial charge in [-0.05, 0) is 57.1 Å². The Bertz CT molecular complexity index is 280. The molecule has 1 heterocycles. The van der Waals surface area contributed by atoms with Gasteiger partial charge >= 0.3 is 0 Å². The Hall–Kier alpha value is 0.270. The van der Waals surface area contributed by atoms with Crippen molar-refractivity contribution in [1.82, 2.24) is 5.32 Å². The van der Waals surface area contributed by atoms with E-state index in [2.05, 4.69) is 24.0 Å². The Labute approximate surface area is 116 Å². The third kappa shape index (κ3) is 2.88. The van der Waals surface area contributed by atoms with E-state index in [1.165, 1.54) is 57.1 Å². The van der Waals surface area contributed by atoms with Gasteiger partial charge in [-0.15, -0.1) is 0 Å². The Morgan fingerprint density at radius 3 is 2.83 bits per heavy atom. The first-order chi connectivity index (χ1) is 8.80. The van der Waals surface area contributed by atoms with Gasteiger partial charge in [0.05, 0.1) is 5.60 Å². The van der Waals surface area contributed by atoms with Crippen molar-refractivity contribution >= 4 is 11.8 Å². The molecule has 3 heteroatoms. The van der Waals surface area contributed by atoms with Gasteiger partial charge in [-0.2, -0.15) is 11.8 Å². The molecule has 2 nitrogen and oxygen atoms in total. The number of rotatable bonds is 4. The highest BCUT2D eigenvalue weighted by molar-refractivity contribution is 7.99. The summed E-state index contributed by atoms with van der Waals surface area (Å²) < 4.78 is 6.01. The van der Waals surface area contributed by atoms with E-state index in [4.69, 9.17) is 4.74 Å². The average molecular weight is 269 g/mol. The Balaban J connectivity index is 1.45. The third-order valence-electron chi connectivity index (χ3n) is 5.02. The van der Waals surface area contributed by atoms with Crippen LogP contribution in [0.1, 0.15) is 58.3 Å². The molecule has 1 aliphatic heterocycles. The summed E-state index contributed by atoms with van der Waals surface area (Å²) in [4.78, 5) is 0. The minimum Gasteiger partial charge on any atom is -0.375 e. The summed E-state index contributed by atoms with van der Waals surface area (Å²) in [7, 11) is 0. The zero-order valence-electron chi connectivity index (χ0n) is 11.6. The SMILES string of the molecule is CCSC1CCC(NC2CCOC3(CCC3)C2)C1. The topological polar surface area (TPSA) is 21.3 Å². The molecule has 3 unspecified atom stereocenters. The van der Waals surface area contributed by atoms with Crippen LogP contribution in [0.4, 0.5) is 0 Å². The van der Waals surface area contributed by atoms with Crippen molar-refractivity contribution in [2.75, 3.05) is 12.4 Å². The highest BCUT2D eigenvalue weighted by atomic mass is 32.2. The van der Waals surface area contributed by atoms with Crippen molar-refractivity contribution in [1.29, 1.82) is 0 Å². The van der Waals surface area contributed by atoms with Crippen molar-refractivity contribution in [2.45, 2.75) is 81.2 Å². The van der Waals surface area contributed by atoms with Crippen molar-refractivity contribution in [3.8, 4) is 0 Å². The molecule has 0 aromatic carbocycles. The molecule has 0 aromatic heterocycles. The summed E-state index contributed by atoms with van der Waals surface area (Å²) in [6, 6.07) is 1.52. The van der Waals surface area contributed by atoms with E-state index in [0.29, 0.717) is 5.60 Å². The lowest BCUT2D eigenvalue weighted by atomic mass is 9.74. The van der Waals surface area contributed by atoms with Gasteiger partial charge in [0.2, 0.25) is 0 Å². The first kappa shape index (κ1) is 13.3. The molecule has 0 amide bonds. The first-order valence-electron chi connectivity index (χ1n) is 7.81. The fourth-order valence-corrected chi connectivity index (χ4v) is 5.04. The van der Waals surface area contributed by atoms with Gasteiger partial charge in [-0.1, -0.05) is 6.92 Å². The summed E-state index contributed by atoms with van der Waals surface area (Å²) in [6.07, 6.45) is 10.7. The summed E-state index contributed by atoms with van der Waals surface area (Å²) >= 11 is 2.16. The molecule has 2 aliphatic carbocycles. The molecule has 1 N–H and O–H groups in total. The highest BCUT2D eigenvalue weighted by Gasteiger charge is 2.43. The Kier molecular flexibility index (Phi) is 4.21. The Morgan fingerprint density at radius 2 is 2.11 bits per heavy atom. The number of thioether (sulfide) groups is 1. The summed E-state index contributed by atoms with van der Waals surface area (Å²) in [5, 5.41) is 4.86. The molecular weight excluding hydrogens is 242 g/mol. The fraction of sp³-hybridized carbons (Fsp3) is 1.00. The van der Waals surface area contributed by atoms with Crippen LogP contribution in [0.2, 0.25) is 0 Å². The zero-order valence-corrected chi connectivity index (χ0v) is 12.4. The van der Waals surface area contributed by atoms with Crippen LogP contribution >= 0.6 is 11.8 Å². The fourth-order valence-electron chi connectivity index (χ4n) is 3.90. The number of nitrogens with one attached hydrogen (secondary N) is 1. The molecule has 1 saturated heterocycles. The number of ether oxygens (including phenoxy) is 1. The van der Waals surface area contributed by atoms with Gasteiger partial charge in [0.15, 0.2) is 0 Å². The van der Waals surface area contributed by atoms with E-state index in [1.807, 2.05) is 0 Å². The maximum absolute atomic E-state index is 6.01. The molecule has 3 fully saturated rings. The number of hydrogen-bond donors (Lipinski definition) is 1. The molecule has 3 aliphatic rings. The minimum atomic E-state index is 0.298. The maximum Gasteiger partial charge on any atom is 0.0697 e. The lowest BCUT2D eigenvalue weighted by molar-refractivity contribution is -0.136. The van der Waals surface area contributed by atoms with E-state index in [9.17, 15) is 0 Å².